The van der Waals surface area contributed by atoms with Gasteiger partial charge in [0.15, 0.2) is 0 Å². The molecule has 3 aromatic carbocycles. The van der Waals surface area contributed by atoms with Crippen molar-refractivity contribution in [2.24, 2.45) is 0 Å². The van der Waals surface area contributed by atoms with Crippen LogP contribution in [-0.2, 0) is 0 Å². The third kappa shape index (κ3) is 6.10. The van der Waals surface area contributed by atoms with Crippen LogP contribution in [0.15, 0.2) is 113 Å². The number of H-pyrrole nitrogens is 1. The predicted octanol–water partition coefficient (Wildman–Crippen LogP) is 9.41. The van der Waals surface area contributed by atoms with E-state index >= 15 is 0 Å². The van der Waals surface area contributed by atoms with Gasteiger partial charge in [-0.25, -0.2) is 0 Å². The average molecular weight is 418 g/mol. The Hall–Kier alpha value is -3.30. The molecular formula is C27H31NOS. The predicted molar refractivity (Wildman–Crippen MR) is 137 cm³/mol. The second-order valence-corrected chi connectivity index (χ2v) is 6.93. The molecule has 3 heterocycles. The van der Waals surface area contributed by atoms with Gasteiger partial charge in [-0.1, -0.05) is 76.9 Å². The molecule has 2 nitrogen and oxygen atoms in total. The summed E-state index contributed by atoms with van der Waals surface area (Å²) in [4.78, 5) is 3.12. The summed E-state index contributed by atoms with van der Waals surface area (Å²) in [6, 6.07) is 30.7. The van der Waals surface area contributed by atoms with Gasteiger partial charge in [-0.15, -0.1) is 11.3 Å². The van der Waals surface area contributed by atoms with Gasteiger partial charge in [0.25, 0.3) is 0 Å². The minimum atomic E-state index is 0. The van der Waals surface area contributed by atoms with E-state index < -0.39 is 0 Å². The van der Waals surface area contributed by atoms with Crippen molar-refractivity contribution in [3.05, 3.63) is 109 Å². The van der Waals surface area contributed by atoms with Gasteiger partial charge in [0, 0.05) is 21.8 Å². The van der Waals surface area contributed by atoms with Gasteiger partial charge >= 0.3 is 0 Å². The summed E-state index contributed by atoms with van der Waals surface area (Å²) in [6.07, 6.45) is 3.65. The van der Waals surface area contributed by atoms with Crippen molar-refractivity contribution in [2.45, 2.75) is 22.3 Å². The summed E-state index contributed by atoms with van der Waals surface area (Å²) >= 11 is 1.79. The van der Waals surface area contributed by atoms with Crippen LogP contribution in [-0.4, -0.2) is 4.98 Å². The molecule has 0 aliphatic heterocycles. The lowest BCUT2D eigenvalue weighted by Crippen LogP contribution is -1.61. The van der Waals surface area contributed by atoms with Crippen molar-refractivity contribution >= 4 is 43.3 Å². The SMILES string of the molecule is C.C.C.c1ccc2[nH]ccc2c1.c1ccc2occc2c1.c1ccc2sccc2c1. The average Bonchev–Trinajstić information content (AvgIpc) is 3.48. The fourth-order valence-electron chi connectivity index (χ4n) is 2.81. The fraction of sp³-hybridized carbons (Fsp3) is 0.111. The fourth-order valence-corrected chi connectivity index (χ4v) is 3.60. The maximum atomic E-state index is 5.12. The van der Waals surface area contributed by atoms with Crippen molar-refractivity contribution in [1.82, 2.24) is 4.98 Å². The number of fused-ring (bicyclic) bond motifs is 3. The first-order chi connectivity index (χ1) is 13.4. The lowest BCUT2D eigenvalue weighted by atomic mass is 10.3. The standard InChI is InChI=1S/C8H7N.C8H6O.C8H6S.3CH4/c3*1-2-4-8-7(3-1)5-6-9-8;;;/h1-6,9H;2*1-6H;3*1H4. The van der Waals surface area contributed by atoms with Crippen LogP contribution in [0.5, 0.6) is 0 Å². The van der Waals surface area contributed by atoms with Crippen LogP contribution in [0.1, 0.15) is 22.3 Å². The number of rotatable bonds is 0. The summed E-state index contributed by atoms with van der Waals surface area (Å²) in [6.45, 7) is 0. The second kappa shape index (κ2) is 12.3. The van der Waals surface area contributed by atoms with E-state index in [2.05, 4.69) is 58.9 Å². The Morgan fingerprint density at radius 1 is 0.600 bits per heavy atom. The molecule has 0 aliphatic carbocycles. The number of furan rings is 1. The van der Waals surface area contributed by atoms with Crippen LogP contribution in [0.2, 0.25) is 0 Å². The van der Waals surface area contributed by atoms with E-state index in [0.717, 1.165) is 11.0 Å². The van der Waals surface area contributed by atoms with E-state index in [1.54, 1.807) is 17.6 Å². The molecule has 0 unspecified atom stereocenters. The minimum absolute atomic E-state index is 0. The van der Waals surface area contributed by atoms with Crippen LogP contribution in [0.4, 0.5) is 0 Å². The van der Waals surface area contributed by atoms with Gasteiger partial charge in [-0.2, -0.15) is 0 Å². The molecule has 0 saturated heterocycles. The molecule has 0 fully saturated rings. The van der Waals surface area contributed by atoms with Crippen molar-refractivity contribution < 1.29 is 4.42 Å². The second-order valence-electron chi connectivity index (χ2n) is 5.98. The Balaban J connectivity index is 0.000000214. The molecule has 0 saturated carbocycles. The van der Waals surface area contributed by atoms with Crippen molar-refractivity contribution in [1.29, 1.82) is 0 Å². The smallest absolute Gasteiger partial charge is 0.133 e. The van der Waals surface area contributed by atoms with Crippen LogP contribution in [0.25, 0.3) is 32.0 Å². The van der Waals surface area contributed by atoms with Crippen LogP contribution in [0.3, 0.4) is 0 Å². The maximum absolute atomic E-state index is 5.12. The van der Waals surface area contributed by atoms with Crippen LogP contribution in [0, 0.1) is 0 Å². The molecule has 0 radical (unpaired) electrons. The lowest BCUT2D eigenvalue weighted by molar-refractivity contribution is 0.616. The number of hydrogen-bond acceptors (Lipinski definition) is 2. The monoisotopic (exact) mass is 417 g/mol. The Labute approximate surface area is 183 Å². The van der Waals surface area contributed by atoms with Gasteiger partial charge < -0.3 is 9.40 Å². The van der Waals surface area contributed by atoms with E-state index in [1.165, 1.54) is 21.0 Å². The van der Waals surface area contributed by atoms with Crippen molar-refractivity contribution in [2.75, 3.05) is 0 Å². The van der Waals surface area contributed by atoms with Gasteiger partial charge in [0.1, 0.15) is 5.58 Å². The normalized spacial score (nSPS) is 9.20. The number of benzene rings is 3. The summed E-state index contributed by atoms with van der Waals surface area (Å²) in [7, 11) is 0. The third-order valence-corrected chi connectivity index (χ3v) is 5.08. The van der Waals surface area contributed by atoms with E-state index in [-0.39, 0.29) is 22.3 Å². The van der Waals surface area contributed by atoms with Gasteiger partial charge in [0.2, 0.25) is 0 Å². The van der Waals surface area contributed by atoms with Crippen LogP contribution >= 0.6 is 11.3 Å². The maximum Gasteiger partial charge on any atom is 0.133 e. The summed E-state index contributed by atoms with van der Waals surface area (Å²) in [5.41, 5.74) is 2.16. The molecule has 3 aromatic heterocycles. The molecule has 6 aromatic rings. The molecule has 6 rings (SSSR count). The Morgan fingerprint density at radius 3 is 2.00 bits per heavy atom. The third-order valence-electron chi connectivity index (χ3n) is 4.19. The molecule has 0 atom stereocenters. The van der Waals surface area contributed by atoms with Crippen molar-refractivity contribution in [3.8, 4) is 0 Å². The highest BCUT2D eigenvalue weighted by Crippen LogP contribution is 2.18. The van der Waals surface area contributed by atoms with Gasteiger partial charge in [-0.3, -0.25) is 0 Å². The Morgan fingerprint density at radius 2 is 1.27 bits per heavy atom. The Bertz CT molecular complexity index is 998. The molecule has 3 heteroatoms. The summed E-state index contributed by atoms with van der Waals surface area (Å²) in [5, 5.41) is 5.91. The quantitative estimate of drug-likeness (QED) is 0.262. The molecular weight excluding hydrogens is 386 g/mol. The molecule has 0 spiro atoms. The zero-order valence-corrected chi connectivity index (χ0v) is 15.5. The number of aromatic nitrogens is 1. The largest absolute Gasteiger partial charge is 0.464 e. The van der Waals surface area contributed by atoms with E-state index in [4.69, 9.17) is 4.42 Å². The number of aromatic amines is 1. The molecule has 0 amide bonds. The number of hydrogen-bond donors (Lipinski definition) is 1. The first-order valence-electron chi connectivity index (χ1n) is 8.77. The zero-order valence-electron chi connectivity index (χ0n) is 14.7. The van der Waals surface area contributed by atoms with Crippen molar-refractivity contribution in [3.63, 3.8) is 0 Å². The number of para-hydroxylation sites is 2. The van der Waals surface area contributed by atoms with Gasteiger partial charge in [-0.05, 0) is 52.6 Å². The highest BCUT2D eigenvalue weighted by Gasteiger charge is 1.90. The summed E-state index contributed by atoms with van der Waals surface area (Å²) in [5.74, 6) is 0. The molecule has 0 bridgehead atoms. The zero-order chi connectivity index (χ0) is 18.3. The van der Waals surface area contributed by atoms with E-state index in [1.807, 2.05) is 48.7 Å². The molecule has 0 aliphatic rings. The van der Waals surface area contributed by atoms with E-state index in [0.29, 0.717) is 0 Å². The molecule has 30 heavy (non-hydrogen) atoms. The Kier molecular flexibility index (Phi) is 10.1. The van der Waals surface area contributed by atoms with Crippen LogP contribution < -0.4 is 0 Å². The first kappa shape index (κ1) is 24.7. The molecule has 1 N–H and O–H groups in total. The van der Waals surface area contributed by atoms with Gasteiger partial charge in [0.05, 0.1) is 6.26 Å². The van der Waals surface area contributed by atoms with E-state index in [9.17, 15) is 0 Å². The highest BCUT2D eigenvalue weighted by molar-refractivity contribution is 7.17. The first-order valence-corrected chi connectivity index (χ1v) is 9.65. The molecule has 156 valence electrons. The number of thiophene rings is 1. The number of nitrogens with one attached hydrogen (secondary N) is 1. The minimum Gasteiger partial charge on any atom is -0.464 e. The lowest BCUT2D eigenvalue weighted by Gasteiger charge is -1.83. The highest BCUT2D eigenvalue weighted by atomic mass is 32.1. The topological polar surface area (TPSA) is 28.9 Å². The summed E-state index contributed by atoms with van der Waals surface area (Å²) < 4.78 is 6.49.